The molecular formula is C22H28N2O3. The zero-order chi connectivity index (χ0) is 19.5. The molecule has 2 aromatic carbocycles. The van der Waals surface area contributed by atoms with Crippen LogP contribution >= 0.6 is 0 Å². The summed E-state index contributed by atoms with van der Waals surface area (Å²) < 4.78 is 5.07. The highest BCUT2D eigenvalue weighted by molar-refractivity contribution is 5.99. The smallest absolute Gasteiger partial charge is 0.251 e. The number of carbonyl (C=O) groups is 2. The molecule has 0 aliphatic rings. The fourth-order valence-corrected chi connectivity index (χ4v) is 2.72. The Morgan fingerprint density at radius 3 is 2.26 bits per heavy atom. The molecule has 0 heterocycles. The molecule has 0 spiro atoms. The van der Waals surface area contributed by atoms with Gasteiger partial charge in [-0.25, -0.2) is 0 Å². The summed E-state index contributed by atoms with van der Waals surface area (Å²) in [6.07, 6.45) is 5.93. The van der Waals surface area contributed by atoms with Gasteiger partial charge in [-0.3, -0.25) is 9.59 Å². The normalized spacial score (nSPS) is 10.3. The maximum absolute atomic E-state index is 12.2. The Balaban J connectivity index is 1.76. The number of amides is 2. The first-order valence-electron chi connectivity index (χ1n) is 9.43. The van der Waals surface area contributed by atoms with Crippen molar-refractivity contribution in [2.24, 2.45) is 0 Å². The highest BCUT2D eigenvalue weighted by Gasteiger charge is 2.08. The van der Waals surface area contributed by atoms with E-state index >= 15 is 0 Å². The van der Waals surface area contributed by atoms with Crippen molar-refractivity contribution in [2.75, 3.05) is 19.0 Å². The zero-order valence-electron chi connectivity index (χ0n) is 16.1. The minimum atomic E-state index is -0.277. The molecular weight excluding hydrogens is 340 g/mol. The van der Waals surface area contributed by atoms with Gasteiger partial charge in [0.25, 0.3) is 5.91 Å². The molecule has 0 aromatic heterocycles. The van der Waals surface area contributed by atoms with Crippen LogP contribution in [0.3, 0.4) is 0 Å². The summed E-state index contributed by atoms with van der Waals surface area (Å²) in [4.78, 5) is 24.2. The lowest BCUT2D eigenvalue weighted by Crippen LogP contribution is -2.32. The fourth-order valence-electron chi connectivity index (χ4n) is 2.72. The van der Waals surface area contributed by atoms with E-state index in [1.54, 1.807) is 31.4 Å². The highest BCUT2D eigenvalue weighted by atomic mass is 16.5. The number of nitrogens with one attached hydrogen (secondary N) is 2. The number of aryl methyl sites for hydroxylation is 1. The third-order valence-corrected chi connectivity index (χ3v) is 4.32. The molecule has 0 unspecified atom stereocenters. The molecule has 0 aliphatic heterocycles. The number of unbranched alkanes of at least 4 members (excludes halogenated alkanes) is 3. The van der Waals surface area contributed by atoms with Crippen LogP contribution in [0.4, 0.5) is 5.69 Å². The Hall–Kier alpha value is -2.82. The van der Waals surface area contributed by atoms with Crippen LogP contribution in [0.1, 0.15) is 48.5 Å². The average molecular weight is 368 g/mol. The molecule has 2 N–H and O–H groups in total. The van der Waals surface area contributed by atoms with Crippen LogP contribution in [-0.4, -0.2) is 25.5 Å². The van der Waals surface area contributed by atoms with Crippen LogP contribution in [0.5, 0.6) is 5.75 Å². The molecule has 0 aliphatic carbocycles. The van der Waals surface area contributed by atoms with Gasteiger partial charge in [0.15, 0.2) is 0 Å². The molecule has 0 saturated heterocycles. The molecule has 5 heteroatoms. The van der Waals surface area contributed by atoms with Crippen molar-refractivity contribution in [3.05, 3.63) is 59.7 Å². The monoisotopic (exact) mass is 368 g/mol. The number of carbonyl (C=O) groups excluding carboxylic acids is 2. The summed E-state index contributed by atoms with van der Waals surface area (Å²) in [5.74, 6) is 0.189. The second-order valence-corrected chi connectivity index (χ2v) is 6.47. The predicted molar refractivity (Wildman–Crippen MR) is 108 cm³/mol. The second-order valence-electron chi connectivity index (χ2n) is 6.47. The summed E-state index contributed by atoms with van der Waals surface area (Å²) in [6.45, 7) is 2.12. The number of hydrogen-bond donors (Lipinski definition) is 2. The molecule has 0 bridgehead atoms. The molecule has 0 radical (unpaired) electrons. The summed E-state index contributed by atoms with van der Waals surface area (Å²) >= 11 is 0. The van der Waals surface area contributed by atoms with E-state index in [4.69, 9.17) is 4.74 Å². The number of benzene rings is 2. The summed E-state index contributed by atoms with van der Waals surface area (Å²) in [5, 5.41) is 5.38. The van der Waals surface area contributed by atoms with Crippen LogP contribution in [0.15, 0.2) is 48.5 Å². The van der Waals surface area contributed by atoms with Crippen molar-refractivity contribution < 1.29 is 14.3 Å². The van der Waals surface area contributed by atoms with E-state index in [1.807, 2.05) is 24.3 Å². The number of anilines is 1. The Labute approximate surface area is 161 Å². The summed E-state index contributed by atoms with van der Waals surface area (Å²) in [6, 6.07) is 14.6. The van der Waals surface area contributed by atoms with Crippen molar-refractivity contribution in [2.45, 2.75) is 39.0 Å². The van der Waals surface area contributed by atoms with E-state index in [0.29, 0.717) is 11.3 Å². The molecule has 27 heavy (non-hydrogen) atoms. The largest absolute Gasteiger partial charge is 0.497 e. The van der Waals surface area contributed by atoms with E-state index in [1.165, 1.54) is 31.2 Å². The van der Waals surface area contributed by atoms with Crippen LogP contribution in [0.2, 0.25) is 0 Å². The van der Waals surface area contributed by atoms with E-state index in [-0.39, 0.29) is 18.4 Å². The Morgan fingerprint density at radius 2 is 1.63 bits per heavy atom. The number of rotatable bonds is 10. The molecule has 5 nitrogen and oxygen atoms in total. The first-order valence-corrected chi connectivity index (χ1v) is 9.43. The van der Waals surface area contributed by atoms with Crippen molar-refractivity contribution in [1.82, 2.24) is 5.32 Å². The summed E-state index contributed by atoms with van der Waals surface area (Å²) in [5.41, 5.74) is 2.45. The van der Waals surface area contributed by atoms with Gasteiger partial charge >= 0.3 is 0 Å². The van der Waals surface area contributed by atoms with Gasteiger partial charge in [0.05, 0.1) is 13.7 Å². The molecule has 0 atom stereocenters. The van der Waals surface area contributed by atoms with Gasteiger partial charge in [-0.15, -0.1) is 0 Å². The highest BCUT2D eigenvalue weighted by Crippen LogP contribution is 2.14. The molecule has 2 rings (SSSR count). The number of methoxy groups -OCH3 is 1. The lowest BCUT2D eigenvalue weighted by atomic mass is 10.0. The summed E-state index contributed by atoms with van der Waals surface area (Å²) in [7, 11) is 1.59. The molecule has 2 aromatic rings. The van der Waals surface area contributed by atoms with E-state index < -0.39 is 0 Å². The van der Waals surface area contributed by atoms with Crippen molar-refractivity contribution in [3.63, 3.8) is 0 Å². The standard InChI is InChI=1S/C22H28N2O3/c1-3-4-5-6-7-17-8-10-18(11-9-17)22(26)23-16-21(25)24-19-12-14-20(27-2)15-13-19/h8-15H,3-7,16H2,1-2H3,(H,23,26)(H,24,25). The molecule has 2 amide bonds. The van der Waals surface area contributed by atoms with Gasteiger partial charge in [0.1, 0.15) is 5.75 Å². The first-order chi connectivity index (χ1) is 13.1. The van der Waals surface area contributed by atoms with Crippen molar-refractivity contribution in [1.29, 1.82) is 0 Å². The third-order valence-electron chi connectivity index (χ3n) is 4.32. The SMILES string of the molecule is CCCCCCc1ccc(C(=O)NCC(=O)Nc2ccc(OC)cc2)cc1. The number of ether oxygens (including phenoxy) is 1. The van der Waals surface area contributed by atoms with Crippen molar-refractivity contribution in [3.8, 4) is 5.75 Å². The first kappa shape index (κ1) is 20.5. The lowest BCUT2D eigenvalue weighted by molar-refractivity contribution is -0.115. The average Bonchev–Trinajstić information content (AvgIpc) is 2.70. The van der Waals surface area contributed by atoms with Crippen LogP contribution in [0, 0.1) is 0 Å². The van der Waals surface area contributed by atoms with Gasteiger partial charge < -0.3 is 15.4 Å². The van der Waals surface area contributed by atoms with Crippen LogP contribution in [-0.2, 0) is 11.2 Å². The minimum Gasteiger partial charge on any atom is -0.497 e. The van der Waals surface area contributed by atoms with Gasteiger partial charge in [0, 0.05) is 11.3 Å². The van der Waals surface area contributed by atoms with Crippen molar-refractivity contribution >= 4 is 17.5 Å². The zero-order valence-corrected chi connectivity index (χ0v) is 16.1. The van der Waals surface area contributed by atoms with Gasteiger partial charge in [0.2, 0.25) is 5.91 Å². The fraction of sp³-hybridized carbons (Fsp3) is 0.364. The van der Waals surface area contributed by atoms with E-state index in [9.17, 15) is 9.59 Å². The topological polar surface area (TPSA) is 67.4 Å². The Kier molecular flexibility index (Phi) is 8.36. The number of hydrogen-bond acceptors (Lipinski definition) is 3. The van der Waals surface area contributed by atoms with Gasteiger partial charge in [-0.2, -0.15) is 0 Å². The van der Waals surface area contributed by atoms with Gasteiger partial charge in [-0.05, 0) is 54.8 Å². The van der Waals surface area contributed by atoms with E-state index in [0.717, 1.165) is 12.2 Å². The van der Waals surface area contributed by atoms with Gasteiger partial charge in [-0.1, -0.05) is 38.3 Å². The van der Waals surface area contributed by atoms with Crippen LogP contribution < -0.4 is 15.4 Å². The molecule has 144 valence electrons. The second kappa shape index (κ2) is 11.0. The van der Waals surface area contributed by atoms with E-state index in [2.05, 4.69) is 17.6 Å². The molecule has 0 fully saturated rings. The maximum Gasteiger partial charge on any atom is 0.251 e. The predicted octanol–water partition coefficient (Wildman–Crippen LogP) is 4.19. The molecule has 0 saturated carbocycles. The maximum atomic E-state index is 12.2. The quantitative estimate of drug-likeness (QED) is 0.618. The third kappa shape index (κ3) is 7.13. The minimum absolute atomic E-state index is 0.0797. The van der Waals surface area contributed by atoms with Crippen LogP contribution in [0.25, 0.3) is 0 Å². The lowest BCUT2D eigenvalue weighted by Gasteiger charge is -2.08. The Morgan fingerprint density at radius 1 is 0.926 bits per heavy atom. The Bertz CT molecular complexity index is 724.